The number of nitrogens with one attached hydrogen (secondary N) is 1. The highest BCUT2D eigenvalue weighted by Crippen LogP contribution is 2.21. The highest BCUT2D eigenvalue weighted by molar-refractivity contribution is 5.69. The molecule has 0 aromatic heterocycles. The zero-order chi connectivity index (χ0) is 10.6. The molecule has 1 rings (SSSR count). The maximum absolute atomic E-state index is 5.91. The van der Waals surface area contributed by atoms with Gasteiger partial charge in [-0.25, -0.2) is 0 Å². The zero-order valence-corrected chi connectivity index (χ0v) is 8.93. The van der Waals surface area contributed by atoms with Gasteiger partial charge in [-0.3, -0.25) is 0 Å². The Morgan fingerprint density at radius 2 is 2.21 bits per heavy atom. The van der Waals surface area contributed by atoms with Gasteiger partial charge in [0.1, 0.15) is 0 Å². The van der Waals surface area contributed by atoms with Crippen molar-refractivity contribution in [3.05, 3.63) is 35.9 Å². The highest BCUT2D eigenvalue weighted by atomic mass is 14.9. The lowest BCUT2D eigenvalue weighted by molar-refractivity contribution is 1.00. The monoisotopic (exact) mass is 190 g/mol. The third-order valence-corrected chi connectivity index (χ3v) is 2.19. The van der Waals surface area contributed by atoms with Crippen molar-refractivity contribution in [3.63, 3.8) is 0 Å². The van der Waals surface area contributed by atoms with Gasteiger partial charge in [-0.15, -0.1) is 6.58 Å². The molecule has 0 aliphatic carbocycles. The number of nitrogen functional groups attached to an aromatic ring is 1. The van der Waals surface area contributed by atoms with E-state index in [0.717, 1.165) is 29.9 Å². The van der Waals surface area contributed by atoms with Crippen LogP contribution >= 0.6 is 0 Å². The summed E-state index contributed by atoms with van der Waals surface area (Å²) >= 11 is 0. The first kappa shape index (κ1) is 10.6. The molecule has 0 fully saturated rings. The van der Waals surface area contributed by atoms with E-state index in [-0.39, 0.29) is 0 Å². The summed E-state index contributed by atoms with van der Waals surface area (Å²) in [5.74, 6) is 0. The average molecular weight is 190 g/mol. The normalized spacial score (nSPS) is 9.86. The SMILES string of the molecule is C=C(C)CCNc1cccc(C)c1N. The minimum Gasteiger partial charge on any atom is -0.397 e. The number of aryl methyl sites for hydroxylation is 1. The lowest BCUT2D eigenvalue weighted by Gasteiger charge is -2.10. The van der Waals surface area contributed by atoms with E-state index < -0.39 is 0 Å². The van der Waals surface area contributed by atoms with Gasteiger partial charge in [0.2, 0.25) is 0 Å². The van der Waals surface area contributed by atoms with Crippen LogP contribution in [-0.2, 0) is 0 Å². The molecule has 0 saturated heterocycles. The van der Waals surface area contributed by atoms with Crippen LogP contribution in [0.15, 0.2) is 30.4 Å². The van der Waals surface area contributed by atoms with E-state index in [2.05, 4.69) is 11.9 Å². The molecule has 0 aliphatic rings. The number of anilines is 2. The molecule has 0 spiro atoms. The van der Waals surface area contributed by atoms with Crippen molar-refractivity contribution in [2.75, 3.05) is 17.6 Å². The molecule has 3 N–H and O–H groups in total. The van der Waals surface area contributed by atoms with E-state index in [1.165, 1.54) is 5.57 Å². The van der Waals surface area contributed by atoms with Gasteiger partial charge in [-0.05, 0) is 31.9 Å². The fraction of sp³-hybridized carbons (Fsp3) is 0.333. The van der Waals surface area contributed by atoms with Gasteiger partial charge in [0.15, 0.2) is 0 Å². The molecule has 0 unspecified atom stereocenters. The smallest absolute Gasteiger partial charge is 0.0579 e. The van der Waals surface area contributed by atoms with Gasteiger partial charge in [-0.2, -0.15) is 0 Å². The summed E-state index contributed by atoms with van der Waals surface area (Å²) in [6.45, 7) is 8.79. The Morgan fingerprint density at radius 3 is 2.86 bits per heavy atom. The second kappa shape index (κ2) is 4.70. The Hall–Kier alpha value is -1.44. The summed E-state index contributed by atoms with van der Waals surface area (Å²) < 4.78 is 0. The molecule has 0 atom stereocenters. The summed E-state index contributed by atoms with van der Waals surface area (Å²) in [7, 11) is 0. The fourth-order valence-corrected chi connectivity index (χ4v) is 1.25. The molecule has 14 heavy (non-hydrogen) atoms. The molecule has 0 heterocycles. The lowest BCUT2D eigenvalue weighted by Crippen LogP contribution is -2.05. The first-order valence-corrected chi connectivity index (χ1v) is 4.84. The Labute approximate surface area is 85.8 Å². The van der Waals surface area contributed by atoms with Crippen LogP contribution < -0.4 is 11.1 Å². The van der Waals surface area contributed by atoms with Crippen molar-refractivity contribution in [2.45, 2.75) is 20.3 Å². The van der Waals surface area contributed by atoms with Crippen LogP contribution in [0.3, 0.4) is 0 Å². The maximum atomic E-state index is 5.91. The predicted molar refractivity (Wildman–Crippen MR) is 63.5 cm³/mol. The van der Waals surface area contributed by atoms with Gasteiger partial charge < -0.3 is 11.1 Å². The Morgan fingerprint density at radius 1 is 1.50 bits per heavy atom. The number of rotatable bonds is 4. The molecule has 1 aromatic carbocycles. The third-order valence-electron chi connectivity index (χ3n) is 2.19. The molecule has 2 heteroatoms. The number of benzene rings is 1. The van der Waals surface area contributed by atoms with Crippen molar-refractivity contribution < 1.29 is 0 Å². The lowest BCUT2D eigenvalue weighted by atomic mass is 10.1. The Bertz CT molecular complexity index is 329. The van der Waals surface area contributed by atoms with Crippen LogP contribution in [0.2, 0.25) is 0 Å². The largest absolute Gasteiger partial charge is 0.397 e. The quantitative estimate of drug-likeness (QED) is 0.566. The highest BCUT2D eigenvalue weighted by Gasteiger charge is 1.99. The summed E-state index contributed by atoms with van der Waals surface area (Å²) in [5.41, 5.74) is 10.1. The van der Waals surface area contributed by atoms with Crippen LogP contribution in [0, 0.1) is 6.92 Å². The number of nitrogens with two attached hydrogens (primary N) is 1. The summed E-state index contributed by atoms with van der Waals surface area (Å²) in [6.07, 6.45) is 0.980. The van der Waals surface area contributed by atoms with E-state index in [1.54, 1.807) is 0 Å². The van der Waals surface area contributed by atoms with Crippen LogP contribution in [0.5, 0.6) is 0 Å². The van der Waals surface area contributed by atoms with Crippen LogP contribution in [0.25, 0.3) is 0 Å². The van der Waals surface area contributed by atoms with Crippen molar-refractivity contribution in [3.8, 4) is 0 Å². The minimum absolute atomic E-state index is 0.842. The van der Waals surface area contributed by atoms with Gasteiger partial charge in [0.05, 0.1) is 11.4 Å². The summed E-state index contributed by atoms with van der Waals surface area (Å²) in [4.78, 5) is 0. The molecule has 1 aromatic rings. The minimum atomic E-state index is 0.842. The Balaban J connectivity index is 2.59. The zero-order valence-electron chi connectivity index (χ0n) is 8.93. The summed E-state index contributed by atoms with van der Waals surface area (Å²) in [5, 5.41) is 3.30. The van der Waals surface area contributed by atoms with E-state index in [9.17, 15) is 0 Å². The van der Waals surface area contributed by atoms with E-state index in [4.69, 9.17) is 5.73 Å². The van der Waals surface area contributed by atoms with Crippen molar-refractivity contribution in [2.24, 2.45) is 0 Å². The number of para-hydroxylation sites is 1. The Kier molecular flexibility index (Phi) is 3.57. The third kappa shape index (κ3) is 2.80. The second-order valence-corrected chi connectivity index (χ2v) is 3.67. The van der Waals surface area contributed by atoms with E-state index in [0.29, 0.717) is 0 Å². The molecule has 76 valence electrons. The molecule has 0 amide bonds. The van der Waals surface area contributed by atoms with Gasteiger partial charge in [0.25, 0.3) is 0 Å². The van der Waals surface area contributed by atoms with Crippen LogP contribution in [0.4, 0.5) is 11.4 Å². The fourth-order valence-electron chi connectivity index (χ4n) is 1.25. The van der Waals surface area contributed by atoms with Crippen molar-refractivity contribution in [1.82, 2.24) is 0 Å². The molecule has 0 bridgehead atoms. The van der Waals surface area contributed by atoms with Crippen molar-refractivity contribution >= 4 is 11.4 Å². The van der Waals surface area contributed by atoms with Gasteiger partial charge in [0, 0.05) is 6.54 Å². The molecule has 0 aliphatic heterocycles. The van der Waals surface area contributed by atoms with E-state index in [1.807, 2.05) is 32.0 Å². The average Bonchev–Trinajstić information content (AvgIpc) is 2.12. The standard InChI is InChI=1S/C12H18N2/c1-9(2)7-8-14-11-6-4-5-10(3)12(11)13/h4-6,14H,1,7-8,13H2,2-3H3. The van der Waals surface area contributed by atoms with Gasteiger partial charge in [-0.1, -0.05) is 17.7 Å². The topological polar surface area (TPSA) is 38.0 Å². The summed E-state index contributed by atoms with van der Waals surface area (Å²) in [6, 6.07) is 6.02. The second-order valence-electron chi connectivity index (χ2n) is 3.67. The van der Waals surface area contributed by atoms with E-state index >= 15 is 0 Å². The molecule has 0 saturated carbocycles. The number of hydrogen-bond acceptors (Lipinski definition) is 2. The van der Waals surface area contributed by atoms with Gasteiger partial charge >= 0.3 is 0 Å². The molecular formula is C12H18N2. The maximum Gasteiger partial charge on any atom is 0.0579 e. The van der Waals surface area contributed by atoms with Crippen molar-refractivity contribution in [1.29, 1.82) is 0 Å². The molecular weight excluding hydrogens is 172 g/mol. The predicted octanol–water partition coefficient (Wildman–Crippen LogP) is 2.96. The molecule has 2 nitrogen and oxygen atoms in total. The van der Waals surface area contributed by atoms with Crippen LogP contribution in [0.1, 0.15) is 18.9 Å². The van der Waals surface area contributed by atoms with Crippen LogP contribution in [-0.4, -0.2) is 6.54 Å². The first-order valence-electron chi connectivity index (χ1n) is 4.84. The number of hydrogen-bond donors (Lipinski definition) is 2. The first-order chi connectivity index (χ1) is 6.61. The molecule has 0 radical (unpaired) electrons.